The van der Waals surface area contributed by atoms with Crippen molar-refractivity contribution in [1.29, 1.82) is 0 Å². The number of H-pyrrole nitrogens is 1. The van der Waals surface area contributed by atoms with Crippen molar-refractivity contribution in [1.82, 2.24) is 4.98 Å². The van der Waals surface area contributed by atoms with Gasteiger partial charge in [0.15, 0.2) is 0 Å². The molecular formula is C13H7ClN2O3S. The molecule has 100 valence electrons. The molecule has 0 bridgehead atoms. The van der Waals surface area contributed by atoms with Crippen molar-refractivity contribution in [2.75, 3.05) is 0 Å². The number of nitro groups is 1. The van der Waals surface area contributed by atoms with E-state index in [2.05, 4.69) is 4.98 Å². The Balaban J connectivity index is 2.30. The van der Waals surface area contributed by atoms with Gasteiger partial charge in [-0.1, -0.05) is 23.7 Å². The highest BCUT2D eigenvalue weighted by Gasteiger charge is 2.18. The summed E-state index contributed by atoms with van der Waals surface area (Å²) in [5.74, 6) is 0. The van der Waals surface area contributed by atoms with Crippen LogP contribution in [-0.2, 0) is 0 Å². The monoisotopic (exact) mass is 306 g/mol. The van der Waals surface area contributed by atoms with Crippen LogP contribution in [-0.4, -0.2) is 9.91 Å². The Morgan fingerprint density at radius 3 is 2.80 bits per heavy atom. The van der Waals surface area contributed by atoms with Gasteiger partial charge in [0.25, 0.3) is 5.56 Å². The Kier molecular flexibility index (Phi) is 3.04. The molecule has 0 fully saturated rings. The predicted octanol–water partition coefficient (Wildman–Crippen LogP) is 3.82. The molecule has 7 heteroatoms. The fourth-order valence-corrected chi connectivity index (χ4v) is 3.28. The Morgan fingerprint density at radius 1 is 1.30 bits per heavy atom. The summed E-state index contributed by atoms with van der Waals surface area (Å²) >= 11 is 7.14. The van der Waals surface area contributed by atoms with Crippen molar-refractivity contribution in [2.24, 2.45) is 0 Å². The molecular weight excluding hydrogens is 300 g/mol. The lowest BCUT2D eigenvalue weighted by Gasteiger charge is -1.96. The Bertz CT molecular complexity index is 885. The third-order valence-electron chi connectivity index (χ3n) is 2.86. The Labute approximate surface area is 121 Å². The van der Waals surface area contributed by atoms with E-state index in [-0.39, 0.29) is 11.2 Å². The van der Waals surface area contributed by atoms with Gasteiger partial charge in [0, 0.05) is 9.90 Å². The van der Waals surface area contributed by atoms with E-state index in [9.17, 15) is 14.9 Å². The molecule has 0 unspecified atom stereocenters. The number of hydrogen-bond donors (Lipinski definition) is 1. The standard InChI is InChI=1S/C13H7ClN2O3S/c14-8-3-1-2-7(4-8)11-5-9-12(20-11)10(16(18)19)6-15-13(9)17/h1-6H,(H,15,17). The van der Waals surface area contributed by atoms with Crippen LogP contribution in [0.3, 0.4) is 0 Å². The highest BCUT2D eigenvalue weighted by atomic mass is 35.5. The number of aromatic nitrogens is 1. The van der Waals surface area contributed by atoms with E-state index < -0.39 is 4.92 Å². The maximum absolute atomic E-state index is 11.8. The first-order valence-electron chi connectivity index (χ1n) is 5.62. The maximum Gasteiger partial charge on any atom is 0.303 e. The molecule has 2 heterocycles. The summed E-state index contributed by atoms with van der Waals surface area (Å²) in [6.07, 6.45) is 1.13. The smallest absolute Gasteiger partial charge is 0.303 e. The lowest BCUT2D eigenvalue weighted by molar-refractivity contribution is -0.383. The van der Waals surface area contributed by atoms with E-state index in [0.29, 0.717) is 15.1 Å². The maximum atomic E-state index is 11.8. The number of fused-ring (bicyclic) bond motifs is 1. The van der Waals surface area contributed by atoms with Crippen molar-refractivity contribution >= 4 is 38.7 Å². The van der Waals surface area contributed by atoms with Crippen LogP contribution in [0.15, 0.2) is 41.3 Å². The highest BCUT2D eigenvalue weighted by molar-refractivity contribution is 7.22. The lowest BCUT2D eigenvalue weighted by Crippen LogP contribution is -2.05. The van der Waals surface area contributed by atoms with Gasteiger partial charge in [-0.2, -0.15) is 0 Å². The van der Waals surface area contributed by atoms with Crippen LogP contribution < -0.4 is 5.56 Å². The predicted molar refractivity (Wildman–Crippen MR) is 79.5 cm³/mol. The molecule has 3 rings (SSSR count). The van der Waals surface area contributed by atoms with E-state index in [4.69, 9.17) is 11.6 Å². The summed E-state index contributed by atoms with van der Waals surface area (Å²) in [6, 6.07) is 8.79. The highest BCUT2D eigenvalue weighted by Crippen LogP contribution is 2.36. The van der Waals surface area contributed by atoms with Crippen LogP contribution in [0, 0.1) is 10.1 Å². The zero-order valence-electron chi connectivity index (χ0n) is 9.92. The van der Waals surface area contributed by atoms with Gasteiger partial charge in [0.2, 0.25) is 0 Å². The van der Waals surface area contributed by atoms with Gasteiger partial charge in [0.1, 0.15) is 4.70 Å². The number of nitrogens with zero attached hydrogens (tertiary/aromatic N) is 1. The number of halogens is 1. The molecule has 0 aliphatic carbocycles. The largest absolute Gasteiger partial charge is 0.322 e. The van der Waals surface area contributed by atoms with Crippen molar-refractivity contribution in [2.45, 2.75) is 0 Å². The molecule has 0 amide bonds. The first-order valence-corrected chi connectivity index (χ1v) is 6.81. The van der Waals surface area contributed by atoms with E-state index in [0.717, 1.165) is 16.6 Å². The van der Waals surface area contributed by atoms with Crippen LogP contribution in [0.4, 0.5) is 5.69 Å². The van der Waals surface area contributed by atoms with Crippen LogP contribution in [0.1, 0.15) is 0 Å². The molecule has 2 aromatic heterocycles. The average molecular weight is 307 g/mol. The van der Waals surface area contributed by atoms with Crippen LogP contribution in [0.2, 0.25) is 5.02 Å². The number of rotatable bonds is 2. The summed E-state index contributed by atoms with van der Waals surface area (Å²) < 4.78 is 0.369. The van der Waals surface area contributed by atoms with Gasteiger partial charge in [-0.15, -0.1) is 11.3 Å². The van der Waals surface area contributed by atoms with Crippen LogP contribution in [0.5, 0.6) is 0 Å². The molecule has 0 aliphatic rings. The summed E-state index contributed by atoms with van der Waals surface area (Å²) in [5, 5.41) is 11.9. The first-order chi connectivity index (χ1) is 9.56. The van der Waals surface area contributed by atoms with Gasteiger partial charge in [-0.05, 0) is 23.8 Å². The minimum absolute atomic E-state index is 0.0992. The summed E-state index contributed by atoms with van der Waals surface area (Å²) in [6.45, 7) is 0. The molecule has 0 spiro atoms. The fraction of sp³-hybridized carbons (Fsp3) is 0. The molecule has 0 atom stereocenters. The number of thiophene rings is 1. The number of hydrogen-bond acceptors (Lipinski definition) is 4. The topological polar surface area (TPSA) is 76.0 Å². The van der Waals surface area contributed by atoms with Gasteiger partial charge in [-0.3, -0.25) is 14.9 Å². The first kappa shape index (κ1) is 12.8. The van der Waals surface area contributed by atoms with Crippen LogP contribution in [0.25, 0.3) is 20.5 Å². The third kappa shape index (κ3) is 2.09. The van der Waals surface area contributed by atoms with Crippen LogP contribution >= 0.6 is 22.9 Å². The third-order valence-corrected chi connectivity index (χ3v) is 4.30. The Hall–Kier alpha value is -2.18. The van der Waals surface area contributed by atoms with Crippen molar-refractivity contribution in [3.8, 4) is 10.4 Å². The zero-order chi connectivity index (χ0) is 14.3. The normalized spacial score (nSPS) is 10.8. The Morgan fingerprint density at radius 2 is 2.10 bits per heavy atom. The summed E-state index contributed by atoms with van der Waals surface area (Å²) in [4.78, 5) is 25.4. The zero-order valence-corrected chi connectivity index (χ0v) is 11.5. The van der Waals surface area contributed by atoms with E-state index in [1.807, 2.05) is 6.07 Å². The second-order valence-corrected chi connectivity index (χ2v) is 5.61. The SMILES string of the molecule is O=c1[nH]cc([N+](=O)[O-])c2sc(-c3cccc(Cl)c3)cc12. The summed E-state index contributed by atoms with van der Waals surface area (Å²) in [5.41, 5.74) is 0.389. The summed E-state index contributed by atoms with van der Waals surface area (Å²) in [7, 11) is 0. The number of aromatic amines is 1. The second kappa shape index (κ2) is 4.73. The quantitative estimate of drug-likeness (QED) is 0.577. The van der Waals surface area contributed by atoms with E-state index >= 15 is 0 Å². The van der Waals surface area contributed by atoms with Crippen molar-refractivity contribution in [3.63, 3.8) is 0 Å². The van der Waals surface area contributed by atoms with E-state index in [1.54, 1.807) is 24.3 Å². The molecule has 1 aromatic carbocycles. The molecule has 0 saturated carbocycles. The molecule has 0 aliphatic heterocycles. The van der Waals surface area contributed by atoms with Gasteiger partial charge in [-0.25, -0.2) is 0 Å². The van der Waals surface area contributed by atoms with Gasteiger partial charge in [0.05, 0.1) is 16.5 Å². The minimum atomic E-state index is -0.503. The average Bonchev–Trinajstić information content (AvgIpc) is 2.84. The number of nitrogens with one attached hydrogen (secondary N) is 1. The lowest BCUT2D eigenvalue weighted by atomic mass is 10.2. The molecule has 0 saturated heterocycles. The molecule has 20 heavy (non-hydrogen) atoms. The second-order valence-electron chi connectivity index (χ2n) is 4.12. The number of benzene rings is 1. The minimum Gasteiger partial charge on any atom is -0.322 e. The number of pyridine rings is 1. The molecule has 0 radical (unpaired) electrons. The molecule has 3 aromatic rings. The fourth-order valence-electron chi connectivity index (χ4n) is 1.95. The van der Waals surface area contributed by atoms with Crippen molar-refractivity contribution < 1.29 is 4.92 Å². The molecule has 5 nitrogen and oxygen atoms in total. The molecule has 1 N–H and O–H groups in total. The van der Waals surface area contributed by atoms with E-state index in [1.165, 1.54) is 11.3 Å². The van der Waals surface area contributed by atoms with Gasteiger partial charge < -0.3 is 4.98 Å². The van der Waals surface area contributed by atoms with Gasteiger partial charge >= 0.3 is 5.69 Å². The van der Waals surface area contributed by atoms with Crippen molar-refractivity contribution in [3.05, 3.63) is 62.0 Å².